The van der Waals surface area contributed by atoms with Crippen molar-refractivity contribution in [2.24, 2.45) is 0 Å². The van der Waals surface area contributed by atoms with Crippen LogP contribution in [-0.2, 0) is 9.53 Å². The molecular weight excluding hydrogens is 343 g/mol. The van der Waals surface area contributed by atoms with Gasteiger partial charge in [0.1, 0.15) is 15.7 Å². The van der Waals surface area contributed by atoms with E-state index in [1.54, 1.807) is 30.9 Å². The van der Waals surface area contributed by atoms with Gasteiger partial charge in [-0.1, -0.05) is 0 Å². The zero-order chi connectivity index (χ0) is 18.0. The molecule has 1 aliphatic rings. The second-order valence-electron chi connectivity index (χ2n) is 6.02. The quantitative estimate of drug-likeness (QED) is 0.782. The fraction of sp³-hybridized carbons (Fsp3) is 0.389. The number of carbonyl (C=O) groups is 2. The van der Waals surface area contributed by atoms with Crippen molar-refractivity contribution in [1.29, 1.82) is 0 Å². The average molecular weight is 362 g/mol. The minimum atomic E-state index is -0.818. The molecule has 1 aliphatic heterocycles. The Morgan fingerprint density at radius 3 is 2.52 bits per heavy atom. The summed E-state index contributed by atoms with van der Waals surface area (Å²) in [7, 11) is 0. The molecule has 2 aromatic rings. The van der Waals surface area contributed by atoms with E-state index in [0.717, 1.165) is 31.5 Å². The number of rotatable bonds is 4. The van der Waals surface area contributed by atoms with Crippen LogP contribution in [0, 0.1) is 12.7 Å². The smallest absolute Gasteiger partial charge is 0.351 e. The van der Waals surface area contributed by atoms with Gasteiger partial charge in [0.05, 0.1) is 5.69 Å². The molecule has 2 heterocycles. The Balaban J connectivity index is 1.71. The van der Waals surface area contributed by atoms with Crippen LogP contribution in [0.4, 0.5) is 4.39 Å². The first-order valence-corrected chi connectivity index (χ1v) is 9.00. The molecule has 1 fully saturated rings. The van der Waals surface area contributed by atoms with Crippen LogP contribution in [-0.4, -0.2) is 41.0 Å². The summed E-state index contributed by atoms with van der Waals surface area (Å²) in [4.78, 5) is 31.1. The molecule has 1 amide bonds. The minimum Gasteiger partial charge on any atom is -0.448 e. The van der Waals surface area contributed by atoms with Crippen LogP contribution < -0.4 is 0 Å². The molecule has 0 N–H and O–H groups in total. The highest BCUT2D eigenvalue weighted by Gasteiger charge is 2.27. The first-order valence-electron chi connectivity index (χ1n) is 8.19. The molecule has 0 radical (unpaired) electrons. The number of carbonyl (C=O) groups excluding carboxylic acids is 2. The Labute approximate surface area is 149 Å². The summed E-state index contributed by atoms with van der Waals surface area (Å²) < 4.78 is 18.4. The highest BCUT2D eigenvalue weighted by molar-refractivity contribution is 7.17. The third-order valence-electron chi connectivity index (χ3n) is 4.12. The Kier molecular flexibility index (Phi) is 5.13. The number of esters is 1. The Bertz CT molecular complexity index is 782. The summed E-state index contributed by atoms with van der Waals surface area (Å²) >= 11 is 1.18. The number of aryl methyl sites for hydroxylation is 1. The summed E-state index contributed by atoms with van der Waals surface area (Å²) in [6, 6.07) is 5.92. The maximum Gasteiger partial charge on any atom is 0.351 e. The molecule has 0 saturated carbocycles. The molecule has 5 nitrogen and oxygen atoms in total. The fourth-order valence-electron chi connectivity index (χ4n) is 2.76. The van der Waals surface area contributed by atoms with Crippen LogP contribution in [0.1, 0.15) is 35.1 Å². The molecule has 0 spiro atoms. The monoisotopic (exact) mass is 362 g/mol. The number of halogens is 1. The summed E-state index contributed by atoms with van der Waals surface area (Å²) in [6.07, 6.45) is 1.16. The van der Waals surface area contributed by atoms with Gasteiger partial charge in [-0.25, -0.2) is 14.2 Å². The van der Waals surface area contributed by atoms with Crippen molar-refractivity contribution in [3.8, 4) is 10.6 Å². The summed E-state index contributed by atoms with van der Waals surface area (Å²) in [5.74, 6) is -1.04. The predicted octanol–water partition coefficient (Wildman–Crippen LogP) is 3.43. The molecule has 1 atom stereocenters. The second-order valence-corrected chi connectivity index (χ2v) is 7.02. The molecule has 1 aromatic heterocycles. The zero-order valence-electron chi connectivity index (χ0n) is 14.1. The number of hydrogen-bond acceptors (Lipinski definition) is 5. The summed E-state index contributed by atoms with van der Waals surface area (Å²) in [6.45, 7) is 4.74. The third-order valence-corrected chi connectivity index (χ3v) is 5.31. The molecule has 3 rings (SSSR count). The van der Waals surface area contributed by atoms with Crippen LogP contribution >= 0.6 is 11.3 Å². The molecule has 25 heavy (non-hydrogen) atoms. The molecule has 1 unspecified atom stereocenters. The van der Waals surface area contributed by atoms with Gasteiger partial charge in [-0.05, 0) is 51.0 Å². The normalized spacial score (nSPS) is 15.2. The van der Waals surface area contributed by atoms with E-state index in [1.165, 1.54) is 23.5 Å². The van der Waals surface area contributed by atoms with Crippen molar-refractivity contribution in [3.05, 3.63) is 40.7 Å². The van der Waals surface area contributed by atoms with E-state index in [2.05, 4.69) is 4.98 Å². The lowest BCUT2D eigenvalue weighted by molar-refractivity contribution is -0.138. The van der Waals surface area contributed by atoms with Gasteiger partial charge < -0.3 is 9.64 Å². The van der Waals surface area contributed by atoms with E-state index in [1.807, 2.05) is 0 Å². The lowest BCUT2D eigenvalue weighted by Gasteiger charge is -2.20. The van der Waals surface area contributed by atoms with E-state index in [4.69, 9.17) is 4.74 Å². The van der Waals surface area contributed by atoms with Gasteiger partial charge in [-0.3, -0.25) is 4.79 Å². The summed E-state index contributed by atoms with van der Waals surface area (Å²) in [5.41, 5.74) is 1.27. The standard InChI is InChI=1S/C18H19FN2O3S/c1-11-15(25-16(20-11)13-5-7-14(19)8-6-13)18(23)24-12(2)17(22)21-9-3-4-10-21/h5-8,12H,3-4,9-10H2,1-2H3. The van der Waals surface area contributed by atoms with Gasteiger partial charge in [-0.2, -0.15) is 0 Å². The Morgan fingerprint density at radius 2 is 1.88 bits per heavy atom. The number of likely N-dealkylation sites (tertiary alicyclic amines) is 1. The van der Waals surface area contributed by atoms with Gasteiger partial charge in [-0.15, -0.1) is 11.3 Å². The number of aromatic nitrogens is 1. The van der Waals surface area contributed by atoms with Gasteiger partial charge in [0.15, 0.2) is 6.10 Å². The topological polar surface area (TPSA) is 59.5 Å². The predicted molar refractivity (Wildman–Crippen MR) is 92.9 cm³/mol. The lowest BCUT2D eigenvalue weighted by Crippen LogP contribution is -2.38. The van der Waals surface area contributed by atoms with Gasteiger partial charge in [0.2, 0.25) is 0 Å². The highest BCUT2D eigenvalue weighted by Crippen LogP contribution is 2.29. The largest absolute Gasteiger partial charge is 0.448 e. The van der Waals surface area contributed by atoms with E-state index in [9.17, 15) is 14.0 Å². The number of amides is 1. The van der Waals surface area contributed by atoms with Crippen LogP contribution in [0.3, 0.4) is 0 Å². The van der Waals surface area contributed by atoms with Crippen molar-refractivity contribution in [2.45, 2.75) is 32.8 Å². The SMILES string of the molecule is Cc1nc(-c2ccc(F)cc2)sc1C(=O)OC(C)C(=O)N1CCCC1. The molecule has 7 heteroatoms. The van der Waals surface area contributed by atoms with Gasteiger partial charge in [0, 0.05) is 18.7 Å². The maximum atomic E-state index is 13.0. The van der Waals surface area contributed by atoms with Gasteiger partial charge >= 0.3 is 5.97 Å². The number of ether oxygens (including phenoxy) is 1. The van der Waals surface area contributed by atoms with E-state index in [0.29, 0.717) is 15.6 Å². The van der Waals surface area contributed by atoms with E-state index in [-0.39, 0.29) is 11.7 Å². The summed E-state index contributed by atoms with van der Waals surface area (Å²) in [5, 5.41) is 0.614. The zero-order valence-corrected chi connectivity index (χ0v) is 14.9. The molecule has 1 aromatic carbocycles. The van der Waals surface area contributed by atoms with Crippen molar-refractivity contribution in [2.75, 3.05) is 13.1 Å². The number of benzene rings is 1. The van der Waals surface area contributed by atoms with Crippen molar-refractivity contribution < 1.29 is 18.7 Å². The molecule has 0 bridgehead atoms. The first kappa shape index (κ1) is 17.5. The number of hydrogen-bond donors (Lipinski definition) is 0. The Morgan fingerprint density at radius 1 is 1.24 bits per heavy atom. The van der Waals surface area contributed by atoms with Crippen LogP contribution in [0.15, 0.2) is 24.3 Å². The lowest BCUT2D eigenvalue weighted by atomic mass is 10.2. The van der Waals surface area contributed by atoms with Crippen molar-refractivity contribution in [3.63, 3.8) is 0 Å². The van der Waals surface area contributed by atoms with Crippen molar-refractivity contribution in [1.82, 2.24) is 9.88 Å². The second kappa shape index (κ2) is 7.31. The molecule has 0 aliphatic carbocycles. The fourth-order valence-corrected chi connectivity index (χ4v) is 3.72. The Hall–Kier alpha value is -2.28. The number of nitrogens with zero attached hydrogens (tertiary/aromatic N) is 2. The highest BCUT2D eigenvalue weighted by atomic mass is 32.1. The van der Waals surface area contributed by atoms with Crippen molar-refractivity contribution >= 4 is 23.2 Å². The van der Waals surface area contributed by atoms with Crippen LogP contribution in [0.25, 0.3) is 10.6 Å². The van der Waals surface area contributed by atoms with Crippen LogP contribution in [0.2, 0.25) is 0 Å². The molecular formula is C18H19FN2O3S. The maximum absolute atomic E-state index is 13.0. The molecule has 132 valence electrons. The first-order chi connectivity index (χ1) is 12.0. The van der Waals surface area contributed by atoms with E-state index >= 15 is 0 Å². The molecule has 1 saturated heterocycles. The average Bonchev–Trinajstić information content (AvgIpc) is 3.24. The minimum absolute atomic E-state index is 0.160. The number of thiazole rings is 1. The van der Waals surface area contributed by atoms with Crippen LogP contribution in [0.5, 0.6) is 0 Å². The van der Waals surface area contributed by atoms with E-state index < -0.39 is 12.1 Å². The third kappa shape index (κ3) is 3.87. The van der Waals surface area contributed by atoms with Gasteiger partial charge in [0.25, 0.3) is 5.91 Å².